The molecular weight excluding hydrogens is 264 g/mol. The van der Waals surface area contributed by atoms with Crippen LogP contribution in [0.15, 0.2) is 16.7 Å². The zero-order chi connectivity index (χ0) is 15.3. The van der Waals surface area contributed by atoms with Crippen LogP contribution in [0.3, 0.4) is 0 Å². The van der Waals surface area contributed by atoms with Crippen LogP contribution in [0.25, 0.3) is 0 Å². The van der Waals surface area contributed by atoms with E-state index >= 15 is 0 Å². The molecule has 0 radical (unpaired) electrons. The Bertz CT molecular complexity index is 417. The van der Waals surface area contributed by atoms with Crippen LogP contribution >= 0.6 is 0 Å². The monoisotopic (exact) mass is 294 g/mol. The molecule has 1 aliphatic heterocycles. The fourth-order valence-electron chi connectivity index (χ4n) is 2.73. The van der Waals surface area contributed by atoms with Crippen LogP contribution < -0.4 is 5.32 Å². The molecule has 0 aliphatic carbocycles. The second-order valence-corrected chi connectivity index (χ2v) is 7.23. The third kappa shape index (κ3) is 5.81. The average Bonchev–Trinajstić information content (AvgIpc) is 2.84. The summed E-state index contributed by atoms with van der Waals surface area (Å²) in [5, 5.41) is 3.49. The lowest BCUT2D eigenvalue weighted by atomic mass is 10.00. The SMILES string of the molecule is CN(Cc1ccoc1CNC(C)(C)C)CC1CCOCC1. The summed E-state index contributed by atoms with van der Waals surface area (Å²) in [5.74, 6) is 1.83. The second kappa shape index (κ2) is 7.43. The Labute approximate surface area is 128 Å². The summed E-state index contributed by atoms with van der Waals surface area (Å²) >= 11 is 0. The molecule has 2 rings (SSSR count). The molecule has 1 aromatic heterocycles. The van der Waals surface area contributed by atoms with Gasteiger partial charge in [0.25, 0.3) is 0 Å². The van der Waals surface area contributed by atoms with E-state index in [1.54, 1.807) is 6.26 Å². The minimum Gasteiger partial charge on any atom is -0.468 e. The summed E-state index contributed by atoms with van der Waals surface area (Å²) in [5.41, 5.74) is 1.40. The number of nitrogens with one attached hydrogen (secondary N) is 1. The van der Waals surface area contributed by atoms with Gasteiger partial charge in [0, 0.05) is 37.4 Å². The van der Waals surface area contributed by atoms with Crippen molar-refractivity contribution in [1.82, 2.24) is 10.2 Å². The molecule has 2 heterocycles. The molecule has 4 nitrogen and oxygen atoms in total. The molecule has 0 unspecified atom stereocenters. The van der Waals surface area contributed by atoms with Gasteiger partial charge in [-0.15, -0.1) is 0 Å². The minimum absolute atomic E-state index is 0.109. The van der Waals surface area contributed by atoms with Crippen molar-refractivity contribution in [2.45, 2.75) is 52.2 Å². The zero-order valence-electron chi connectivity index (χ0n) is 13.9. The first-order chi connectivity index (χ1) is 9.94. The van der Waals surface area contributed by atoms with Crippen LogP contribution in [0, 0.1) is 5.92 Å². The van der Waals surface area contributed by atoms with Crippen molar-refractivity contribution in [3.63, 3.8) is 0 Å². The van der Waals surface area contributed by atoms with Gasteiger partial charge in [0.05, 0.1) is 12.8 Å². The maximum Gasteiger partial charge on any atom is 0.122 e. The predicted molar refractivity (Wildman–Crippen MR) is 85.2 cm³/mol. The number of hydrogen-bond acceptors (Lipinski definition) is 4. The Morgan fingerprint density at radius 1 is 1.29 bits per heavy atom. The summed E-state index contributed by atoms with van der Waals surface area (Å²) in [6.45, 7) is 11.2. The molecule has 0 bridgehead atoms. The van der Waals surface area contributed by atoms with Gasteiger partial charge in [0.15, 0.2) is 0 Å². The number of rotatable bonds is 6. The van der Waals surface area contributed by atoms with Crippen LogP contribution in [-0.4, -0.2) is 37.2 Å². The Balaban J connectivity index is 1.83. The number of furan rings is 1. The molecule has 0 aromatic carbocycles. The van der Waals surface area contributed by atoms with Gasteiger partial charge in [-0.1, -0.05) is 0 Å². The summed E-state index contributed by atoms with van der Waals surface area (Å²) < 4.78 is 11.1. The smallest absolute Gasteiger partial charge is 0.122 e. The summed E-state index contributed by atoms with van der Waals surface area (Å²) in [6, 6.07) is 2.10. The van der Waals surface area contributed by atoms with E-state index in [-0.39, 0.29) is 5.54 Å². The van der Waals surface area contributed by atoms with Gasteiger partial charge >= 0.3 is 0 Å². The fourth-order valence-corrected chi connectivity index (χ4v) is 2.73. The van der Waals surface area contributed by atoms with Gasteiger partial charge in [0.2, 0.25) is 0 Å². The molecule has 120 valence electrons. The molecule has 0 amide bonds. The van der Waals surface area contributed by atoms with E-state index in [0.29, 0.717) is 0 Å². The van der Waals surface area contributed by atoms with E-state index in [4.69, 9.17) is 9.15 Å². The highest BCUT2D eigenvalue weighted by molar-refractivity contribution is 5.17. The molecule has 4 heteroatoms. The van der Waals surface area contributed by atoms with Crippen molar-refractivity contribution < 1.29 is 9.15 Å². The van der Waals surface area contributed by atoms with E-state index in [9.17, 15) is 0 Å². The summed E-state index contributed by atoms with van der Waals surface area (Å²) in [7, 11) is 2.20. The Morgan fingerprint density at radius 3 is 2.67 bits per heavy atom. The van der Waals surface area contributed by atoms with E-state index in [0.717, 1.165) is 44.5 Å². The molecule has 21 heavy (non-hydrogen) atoms. The lowest BCUT2D eigenvalue weighted by molar-refractivity contribution is 0.0549. The van der Waals surface area contributed by atoms with Crippen LogP contribution in [-0.2, 0) is 17.8 Å². The lowest BCUT2D eigenvalue weighted by Gasteiger charge is -2.27. The predicted octanol–water partition coefficient (Wildman–Crippen LogP) is 3.03. The van der Waals surface area contributed by atoms with Crippen LogP contribution in [0.5, 0.6) is 0 Å². The Hall–Kier alpha value is -0.840. The van der Waals surface area contributed by atoms with Gasteiger partial charge in [-0.3, -0.25) is 0 Å². The molecule has 1 aromatic rings. The van der Waals surface area contributed by atoms with Gasteiger partial charge in [-0.05, 0) is 52.6 Å². The quantitative estimate of drug-likeness (QED) is 0.875. The number of ether oxygens (including phenoxy) is 1. The molecule has 1 N–H and O–H groups in total. The number of nitrogens with zero attached hydrogens (tertiary/aromatic N) is 1. The van der Waals surface area contributed by atoms with Crippen molar-refractivity contribution in [1.29, 1.82) is 0 Å². The number of hydrogen-bond donors (Lipinski definition) is 1. The van der Waals surface area contributed by atoms with Crippen LogP contribution in [0.1, 0.15) is 44.9 Å². The highest BCUT2D eigenvalue weighted by Gasteiger charge is 2.18. The fraction of sp³-hybridized carbons (Fsp3) is 0.765. The van der Waals surface area contributed by atoms with E-state index in [1.165, 1.54) is 18.4 Å². The second-order valence-electron chi connectivity index (χ2n) is 7.23. The van der Waals surface area contributed by atoms with Gasteiger partial charge < -0.3 is 19.4 Å². The van der Waals surface area contributed by atoms with Crippen molar-refractivity contribution in [3.05, 3.63) is 23.7 Å². The van der Waals surface area contributed by atoms with E-state index < -0.39 is 0 Å². The zero-order valence-corrected chi connectivity index (χ0v) is 13.9. The van der Waals surface area contributed by atoms with Crippen molar-refractivity contribution in [2.24, 2.45) is 5.92 Å². The third-order valence-corrected chi connectivity index (χ3v) is 3.97. The minimum atomic E-state index is 0.109. The van der Waals surface area contributed by atoms with Crippen molar-refractivity contribution >= 4 is 0 Å². The van der Waals surface area contributed by atoms with Gasteiger partial charge in [-0.25, -0.2) is 0 Å². The van der Waals surface area contributed by atoms with E-state index in [1.807, 2.05) is 0 Å². The molecule has 0 atom stereocenters. The molecular formula is C17H30N2O2. The first kappa shape index (κ1) is 16.5. The first-order valence-electron chi connectivity index (χ1n) is 8.00. The van der Waals surface area contributed by atoms with Crippen LogP contribution in [0.2, 0.25) is 0 Å². The van der Waals surface area contributed by atoms with Crippen molar-refractivity contribution in [2.75, 3.05) is 26.8 Å². The maximum atomic E-state index is 5.64. The molecule has 1 aliphatic rings. The van der Waals surface area contributed by atoms with Gasteiger partial charge in [0.1, 0.15) is 5.76 Å². The average molecular weight is 294 g/mol. The lowest BCUT2D eigenvalue weighted by Crippen LogP contribution is -2.35. The topological polar surface area (TPSA) is 37.6 Å². The highest BCUT2D eigenvalue weighted by Crippen LogP contribution is 2.18. The summed E-state index contributed by atoms with van der Waals surface area (Å²) in [4.78, 5) is 2.40. The molecule has 0 spiro atoms. The standard InChI is InChI=1S/C17H30N2O2/c1-17(2,3)18-11-16-15(7-10-21-16)13-19(4)12-14-5-8-20-9-6-14/h7,10,14,18H,5-6,8-9,11-13H2,1-4H3. The Kier molecular flexibility index (Phi) is 5.85. The Morgan fingerprint density at radius 2 is 2.00 bits per heavy atom. The summed E-state index contributed by atoms with van der Waals surface area (Å²) in [6.07, 6.45) is 4.18. The van der Waals surface area contributed by atoms with Gasteiger partial charge in [-0.2, -0.15) is 0 Å². The largest absolute Gasteiger partial charge is 0.468 e. The van der Waals surface area contributed by atoms with Crippen molar-refractivity contribution in [3.8, 4) is 0 Å². The third-order valence-electron chi connectivity index (χ3n) is 3.97. The molecule has 1 saturated heterocycles. The molecule has 0 saturated carbocycles. The van der Waals surface area contributed by atoms with E-state index in [2.05, 4.69) is 44.1 Å². The maximum absolute atomic E-state index is 5.64. The molecule has 1 fully saturated rings. The highest BCUT2D eigenvalue weighted by atomic mass is 16.5. The normalized spacial score (nSPS) is 17.6. The van der Waals surface area contributed by atoms with Crippen LogP contribution in [0.4, 0.5) is 0 Å². The first-order valence-corrected chi connectivity index (χ1v) is 8.00.